The summed E-state index contributed by atoms with van der Waals surface area (Å²) >= 11 is 0. The molecular weight excluding hydrogens is 236 g/mol. The lowest BCUT2D eigenvalue weighted by Crippen LogP contribution is -2.44. The highest BCUT2D eigenvalue weighted by Gasteiger charge is 2.27. The fourth-order valence-corrected chi connectivity index (χ4v) is 3.26. The smallest absolute Gasteiger partial charge is 0.135 e. The zero-order valence-corrected chi connectivity index (χ0v) is 11.1. The van der Waals surface area contributed by atoms with Crippen LogP contribution < -0.4 is 0 Å². The van der Waals surface area contributed by atoms with Gasteiger partial charge in [0.2, 0.25) is 0 Å². The van der Waals surface area contributed by atoms with Gasteiger partial charge in [-0.05, 0) is 42.5 Å². The highest BCUT2D eigenvalue weighted by Crippen LogP contribution is 2.26. The van der Waals surface area contributed by atoms with Crippen LogP contribution in [0.5, 0.6) is 0 Å². The Morgan fingerprint density at radius 3 is 2.68 bits per heavy atom. The summed E-state index contributed by atoms with van der Waals surface area (Å²) in [5.41, 5.74) is 3.48. The van der Waals surface area contributed by atoms with Crippen molar-refractivity contribution < 1.29 is 4.79 Å². The number of carbonyl (C=O) groups excluding carboxylic acids is 1. The van der Waals surface area contributed by atoms with E-state index in [-0.39, 0.29) is 0 Å². The molecule has 1 fully saturated rings. The highest BCUT2D eigenvalue weighted by molar-refractivity contribution is 5.79. The Labute approximate surface area is 113 Å². The zero-order chi connectivity index (χ0) is 13.2. The van der Waals surface area contributed by atoms with Gasteiger partial charge in [0.1, 0.15) is 5.78 Å². The largest absolute Gasteiger partial charge is 0.300 e. The number of carbonyl (C=O) groups is 1. The Morgan fingerprint density at radius 2 is 1.95 bits per heavy atom. The molecule has 3 rings (SSSR count). The molecule has 0 radical (unpaired) electrons. The summed E-state index contributed by atoms with van der Waals surface area (Å²) in [7, 11) is 0. The van der Waals surface area contributed by atoms with Gasteiger partial charge >= 0.3 is 0 Å². The number of aryl methyl sites for hydroxylation is 1. The molecule has 1 atom stereocenters. The number of benzene rings is 1. The zero-order valence-electron chi connectivity index (χ0n) is 11.1. The fourth-order valence-electron chi connectivity index (χ4n) is 3.26. The van der Waals surface area contributed by atoms with E-state index in [1.807, 2.05) is 12.1 Å². The van der Waals surface area contributed by atoms with Crippen molar-refractivity contribution in [1.82, 2.24) is 4.90 Å². The van der Waals surface area contributed by atoms with Crippen molar-refractivity contribution in [3.63, 3.8) is 0 Å². The van der Waals surface area contributed by atoms with Crippen LogP contribution in [0.2, 0.25) is 0 Å². The van der Waals surface area contributed by atoms with E-state index in [1.54, 1.807) is 0 Å². The van der Waals surface area contributed by atoms with E-state index in [0.717, 1.165) is 50.8 Å². The number of ketones is 1. The van der Waals surface area contributed by atoms with Crippen molar-refractivity contribution >= 4 is 5.78 Å². The van der Waals surface area contributed by atoms with Gasteiger partial charge in [0.05, 0.1) is 11.6 Å². The Bertz CT molecular complexity index is 534. The van der Waals surface area contributed by atoms with E-state index in [2.05, 4.69) is 17.0 Å². The minimum atomic E-state index is 0.408. The molecule has 1 heterocycles. The first-order valence-corrected chi connectivity index (χ1v) is 7.04. The van der Waals surface area contributed by atoms with Crippen LogP contribution in [-0.2, 0) is 17.6 Å². The minimum Gasteiger partial charge on any atom is -0.300 e. The third-order valence-corrected chi connectivity index (χ3v) is 4.41. The molecule has 1 saturated heterocycles. The van der Waals surface area contributed by atoms with E-state index in [1.165, 1.54) is 11.1 Å². The fraction of sp³-hybridized carbons (Fsp3) is 0.500. The summed E-state index contributed by atoms with van der Waals surface area (Å²) in [4.78, 5) is 13.8. The van der Waals surface area contributed by atoms with Crippen molar-refractivity contribution in [3.05, 3.63) is 34.9 Å². The average Bonchev–Trinajstić information content (AvgIpc) is 2.47. The number of piperidine rings is 1. The average molecular weight is 254 g/mol. The molecular formula is C16H18N2O. The van der Waals surface area contributed by atoms with Crippen LogP contribution in [0.4, 0.5) is 0 Å². The first kappa shape index (κ1) is 12.4. The molecule has 0 aromatic heterocycles. The molecule has 3 nitrogen and oxygen atoms in total. The Kier molecular flexibility index (Phi) is 3.35. The maximum Gasteiger partial charge on any atom is 0.135 e. The molecule has 1 aliphatic heterocycles. The molecule has 0 N–H and O–H groups in total. The maximum absolute atomic E-state index is 11.3. The van der Waals surface area contributed by atoms with Crippen LogP contribution in [0, 0.1) is 11.3 Å². The number of fused-ring (bicyclic) bond motifs is 1. The summed E-state index contributed by atoms with van der Waals surface area (Å²) in [5, 5.41) is 8.93. The lowest BCUT2D eigenvalue weighted by atomic mass is 9.86. The monoisotopic (exact) mass is 254 g/mol. The third-order valence-electron chi connectivity index (χ3n) is 4.41. The predicted octanol–water partition coefficient (Wildman–Crippen LogP) is 2.08. The van der Waals surface area contributed by atoms with E-state index in [9.17, 15) is 4.79 Å². The normalized spacial score (nSPS) is 23.7. The van der Waals surface area contributed by atoms with E-state index >= 15 is 0 Å². The molecule has 1 aromatic rings. The second kappa shape index (κ2) is 5.14. The number of hydrogen-bond donors (Lipinski definition) is 0. The quantitative estimate of drug-likeness (QED) is 0.770. The Morgan fingerprint density at radius 1 is 1.16 bits per heavy atom. The lowest BCUT2D eigenvalue weighted by Gasteiger charge is -2.37. The van der Waals surface area contributed by atoms with Gasteiger partial charge in [-0.2, -0.15) is 5.26 Å². The van der Waals surface area contributed by atoms with Gasteiger partial charge in [-0.15, -0.1) is 0 Å². The second-order valence-corrected chi connectivity index (χ2v) is 5.57. The number of likely N-dealkylation sites (tertiary alicyclic amines) is 1. The third kappa shape index (κ3) is 2.54. The van der Waals surface area contributed by atoms with Crippen LogP contribution in [0.1, 0.15) is 36.0 Å². The second-order valence-electron chi connectivity index (χ2n) is 5.57. The summed E-state index contributed by atoms with van der Waals surface area (Å²) in [5.74, 6) is 0.408. The van der Waals surface area contributed by atoms with Crippen LogP contribution in [0.3, 0.4) is 0 Å². The molecule has 1 aliphatic carbocycles. The Hall–Kier alpha value is -1.66. The summed E-state index contributed by atoms with van der Waals surface area (Å²) < 4.78 is 0. The number of nitrogens with zero attached hydrogens (tertiary/aromatic N) is 2. The first-order valence-electron chi connectivity index (χ1n) is 7.04. The van der Waals surface area contributed by atoms with E-state index < -0.39 is 0 Å². The van der Waals surface area contributed by atoms with E-state index in [4.69, 9.17) is 5.26 Å². The van der Waals surface area contributed by atoms with Crippen LogP contribution in [0.15, 0.2) is 18.2 Å². The van der Waals surface area contributed by atoms with Crippen molar-refractivity contribution in [2.75, 3.05) is 13.1 Å². The van der Waals surface area contributed by atoms with Crippen molar-refractivity contribution in [3.8, 4) is 6.07 Å². The molecule has 0 saturated carbocycles. The van der Waals surface area contributed by atoms with Crippen LogP contribution in [-0.4, -0.2) is 29.8 Å². The SMILES string of the molecule is N#Cc1ccc2c(c1)CCC(N1CCC(=O)CC1)C2. The number of Topliss-reactive ketones (excluding diaryl/α,β-unsaturated/α-hetero) is 1. The molecule has 98 valence electrons. The standard InChI is InChI=1S/C16H18N2O/c17-11-12-1-2-14-10-15(4-3-13(14)9-12)18-7-5-16(19)6-8-18/h1-2,9,15H,3-8,10H2. The van der Waals surface area contributed by atoms with Gasteiger partial charge < -0.3 is 0 Å². The molecule has 3 heteroatoms. The van der Waals surface area contributed by atoms with Crippen LogP contribution in [0.25, 0.3) is 0 Å². The van der Waals surface area contributed by atoms with Gasteiger partial charge in [-0.3, -0.25) is 9.69 Å². The first-order chi connectivity index (χ1) is 9.26. The van der Waals surface area contributed by atoms with Gasteiger partial charge in [0.25, 0.3) is 0 Å². The molecule has 0 amide bonds. The molecule has 0 spiro atoms. The predicted molar refractivity (Wildman–Crippen MR) is 72.8 cm³/mol. The minimum absolute atomic E-state index is 0.408. The van der Waals surface area contributed by atoms with Crippen molar-refractivity contribution in [2.45, 2.75) is 38.1 Å². The Balaban J connectivity index is 1.72. The van der Waals surface area contributed by atoms with Crippen molar-refractivity contribution in [2.24, 2.45) is 0 Å². The van der Waals surface area contributed by atoms with E-state index in [0.29, 0.717) is 11.8 Å². The number of nitriles is 1. The van der Waals surface area contributed by atoms with Gasteiger partial charge in [0, 0.05) is 32.0 Å². The molecule has 0 bridgehead atoms. The maximum atomic E-state index is 11.3. The number of rotatable bonds is 1. The molecule has 1 unspecified atom stereocenters. The molecule has 2 aliphatic rings. The summed E-state index contributed by atoms with van der Waals surface area (Å²) in [6.45, 7) is 1.85. The van der Waals surface area contributed by atoms with Gasteiger partial charge in [-0.25, -0.2) is 0 Å². The summed E-state index contributed by atoms with van der Waals surface area (Å²) in [6.07, 6.45) is 4.71. The van der Waals surface area contributed by atoms with Crippen molar-refractivity contribution in [1.29, 1.82) is 5.26 Å². The van der Waals surface area contributed by atoms with Gasteiger partial charge in [0.15, 0.2) is 0 Å². The topological polar surface area (TPSA) is 44.1 Å². The molecule has 19 heavy (non-hydrogen) atoms. The van der Waals surface area contributed by atoms with Crippen LogP contribution >= 0.6 is 0 Å². The highest BCUT2D eigenvalue weighted by atomic mass is 16.1. The molecule has 1 aromatic carbocycles. The van der Waals surface area contributed by atoms with Gasteiger partial charge in [-0.1, -0.05) is 6.07 Å². The lowest BCUT2D eigenvalue weighted by molar-refractivity contribution is -0.121. The summed E-state index contributed by atoms with van der Waals surface area (Å²) in [6, 6.07) is 8.84. The number of hydrogen-bond acceptors (Lipinski definition) is 3.